The maximum absolute atomic E-state index is 13.4. The molecule has 0 saturated carbocycles. The lowest BCUT2D eigenvalue weighted by atomic mass is 10.1. The number of benzene rings is 1. The monoisotopic (exact) mass is 292 g/mol. The third-order valence-corrected chi connectivity index (χ3v) is 2.77. The summed E-state index contributed by atoms with van der Waals surface area (Å²) in [6, 6.07) is 1.84. The van der Waals surface area contributed by atoms with Crippen molar-refractivity contribution in [2.24, 2.45) is 0 Å². The van der Waals surface area contributed by atoms with Crippen LogP contribution < -0.4 is 10.6 Å². The second-order valence-electron chi connectivity index (χ2n) is 4.25. The number of carbonyl (C=O) groups excluding carboxylic acids is 1. The first-order chi connectivity index (χ1) is 9.38. The molecule has 1 atom stereocenters. The Hall–Kier alpha value is -1.67. The fourth-order valence-electron chi connectivity index (χ4n) is 1.74. The largest absolute Gasteiger partial charge is 0.416 e. The van der Waals surface area contributed by atoms with Crippen LogP contribution in [0.4, 0.5) is 23.2 Å². The predicted octanol–water partition coefficient (Wildman–Crippen LogP) is 1.77. The quantitative estimate of drug-likeness (QED) is 0.817. The summed E-state index contributed by atoms with van der Waals surface area (Å²) < 4.78 is 56.1. The lowest BCUT2D eigenvalue weighted by molar-refractivity contribution is -0.137. The van der Waals surface area contributed by atoms with Crippen LogP contribution in [0.5, 0.6) is 0 Å². The van der Waals surface area contributed by atoms with Crippen molar-refractivity contribution in [3.63, 3.8) is 0 Å². The lowest BCUT2D eigenvalue weighted by Gasteiger charge is -2.23. The molecule has 1 unspecified atom stereocenters. The minimum atomic E-state index is -4.60. The average Bonchev–Trinajstić information content (AvgIpc) is 2.41. The standard InChI is InChI=1S/C12H12F4N2O2/c13-8-2-1-7(12(14,15)16)5-9(8)18-11(19)10-6-17-3-4-20-10/h1-2,5,10,17H,3-4,6H2,(H,18,19). The van der Waals surface area contributed by atoms with Gasteiger partial charge >= 0.3 is 6.18 Å². The summed E-state index contributed by atoms with van der Waals surface area (Å²) in [4.78, 5) is 11.8. The first-order valence-corrected chi connectivity index (χ1v) is 5.88. The zero-order chi connectivity index (χ0) is 14.8. The van der Waals surface area contributed by atoms with E-state index in [-0.39, 0.29) is 6.54 Å². The van der Waals surface area contributed by atoms with Gasteiger partial charge in [0, 0.05) is 13.1 Å². The summed E-state index contributed by atoms with van der Waals surface area (Å²) in [7, 11) is 0. The Labute approximate surface area is 112 Å². The molecular formula is C12H12F4N2O2. The number of anilines is 1. The van der Waals surface area contributed by atoms with E-state index in [2.05, 4.69) is 10.6 Å². The van der Waals surface area contributed by atoms with Crippen molar-refractivity contribution in [3.8, 4) is 0 Å². The molecule has 8 heteroatoms. The van der Waals surface area contributed by atoms with E-state index in [1.54, 1.807) is 0 Å². The molecule has 1 fully saturated rings. The van der Waals surface area contributed by atoms with Gasteiger partial charge in [-0.05, 0) is 18.2 Å². The number of hydrogen-bond donors (Lipinski definition) is 2. The van der Waals surface area contributed by atoms with Crippen LogP contribution in [0.15, 0.2) is 18.2 Å². The van der Waals surface area contributed by atoms with Crippen LogP contribution >= 0.6 is 0 Å². The van der Waals surface area contributed by atoms with Gasteiger partial charge in [0.25, 0.3) is 5.91 Å². The Bertz CT molecular complexity index is 499. The SMILES string of the molecule is O=C(Nc1cc(C(F)(F)F)ccc1F)C1CNCCO1. The van der Waals surface area contributed by atoms with Crippen molar-refractivity contribution in [1.29, 1.82) is 0 Å². The summed E-state index contributed by atoms with van der Waals surface area (Å²) in [5.41, 5.74) is -1.55. The molecule has 1 aromatic rings. The van der Waals surface area contributed by atoms with Crippen molar-refractivity contribution < 1.29 is 27.1 Å². The van der Waals surface area contributed by atoms with Crippen LogP contribution in [0.2, 0.25) is 0 Å². The van der Waals surface area contributed by atoms with E-state index in [1.165, 1.54) is 0 Å². The van der Waals surface area contributed by atoms with Crippen molar-refractivity contribution in [1.82, 2.24) is 5.32 Å². The molecular weight excluding hydrogens is 280 g/mol. The zero-order valence-electron chi connectivity index (χ0n) is 10.3. The van der Waals surface area contributed by atoms with Gasteiger partial charge in [-0.25, -0.2) is 4.39 Å². The van der Waals surface area contributed by atoms with Gasteiger partial charge in [-0.3, -0.25) is 4.79 Å². The second-order valence-corrected chi connectivity index (χ2v) is 4.25. The molecule has 0 radical (unpaired) electrons. The number of amides is 1. The highest BCUT2D eigenvalue weighted by molar-refractivity contribution is 5.94. The minimum absolute atomic E-state index is 0.229. The highest BCUT2D eigenvalue weighted by Crippen LogP contribution is 2.31. The number of nitrogens with one attached hydrogen (secondary N) is 2. The predicted molar refractivity (Wildman–Crippen MR) is 62.6 cm³/mol. The molecule has 0 aliphatic carbocycles. The van der Waals surface area contributed by atoms with E-state index >= 15 is 0 Å². The van der Waals surface area contributed by atoms with Crippen LogP contribution in [0.3, 0.4) is 0 Å². The first kappa shape index (κ1) is 14.7. The van der Waals surface area contributed by atoms with E-state index < -0.39 is 35.3 Å². The average molecular weight is 292 g/mol. The third-order valence-electron chi connectivity index (χ3n) is 2.77. The molecule has 110 valence electrons. The summed E-state index contributed by atoms with van der Waals surface area (Å²) >= 11 is 0. The Balaban J connectivity index is 2.13. The summed E-state index contributed by atoms with van der Waals surface area (Å²) in [5.74, 6) is -1.62. The number of alkyl halides is 3. The Morgan fingerprint density at radius 2 is 2.15 bits per heavy atom. The molecule has 0 aromatic heterocycles. The van der Waals surface area contributed by atoms with Gasteiger partial charge in [0.1, 0.15) is 11.9 Å². The Morgan fingerprint density at radius 1 is 1.40 bits per heavy atom. The normalized spacial score (nSPS) is 19.7. The van der Waals surface area contributed by atoms with E-state index in [4.69, 9.17) is 4.74 Å². The zero-order valence-corrected chi connectivity index (χ0v) is 10.3. The lowest BCUT2D eigenvalue weighted by Crippen LogP contribution is -2.45. The molecule has 4 nitrogen and oxygen atoms in total. The van der Waals surface area contributed by atoms with Crippen molar-refractivity contribution in [3.05, 3.63) is 29.6 Å². The van der Waals surface area contributed by atoms with Crippen molar-refractivity contribution in [2.45, 2.75) is 12.3 Å². The van der Waals surface area contributed by atoms with Gasteiger partial charge in [0.05, 0.1) is 17.9 Å². The van der Waals surface area contributed by atoms with E-state index in [0.717, 1.165) is 0 Å². The highest BCUT2D eigenvalue weighted by Gasteiger charge is 2.31. The van der Waals surface area contributed by atoms with Gasteiger partial charge in [-0.1, -0.05) is 0 Å². The molecule has 2 N–H and O–H groups in total. The van der Waals surface area contributed by atoms with Gasteiger partial charge in [0.2, 0.25) is 0 Å². The Morgan fingerprint density at radius 3 is 2.75 bits per heavy atom. The molecule has 0 bridgehead atoms. The van der Waals surface area contributed by atoms with Gasteiger partial charge in [-0.2, -0.15) is 13.2 Å². The third kappa shape index (κ3) is 3.45. The van der Waals surface area contributed by atoms with Gasteiger partial charge in [0.15, 0.2) is 0 Å². The van der Waals surface area contributed by atoms with Crippen LogP contribution in [-0.2, 0) is 15.7 Å². The van der Waals surface area contributed by atoms with Crippen LogP contribution in [0.25, 0.3) is 0 Å². The smallest absolute Gasteiger partial charge is 0.366 e. The number of ether oxygens (including phenoxy) is 1. The van der Waals surface area contributed by atoms with E-state index in [9.17, 15) is 22.4 Å². The van der Waals surface area contributed by atoms with Gasteiger partial charge in [-0.15, -0.1) is 0 Å². The fourth-order valence-corrected chi connectivity index (χ4v) is 1.74. The molecule has 0 spiro atoms. The molecule has 1 aliphatic rings. The molecule has 1 aliphatic heterocycles. The molecule has 2 rings (SSSR count). The van der Waals surface area contributed by atoms with Crippen LogP contribution in [-0.4, -0.2) is 31.7 Å². The number of rotatable bonds is 2. The second kappa shape index (κ2) is 5.76. The molecule has 20 heavy (non-hydrogen) atoms. The molecule has 1 saturated heterocycles. The molecule has 1 amide bonds. The maximum atomic E-state index is 13.4. The van der Waals surface area contributed by atoms with Crippen molar-refractivity contribution in [2.75, 3.05) is 25.0 Å². The van der Waals surface area contributed by atoms with Crippen LogP contribution in [0.1, 0.15) is 5.56 Å². The summed E-state index contributed by atoms with van der Waals surface area (Å²) in [6.45, 7) is 1.12. The number of carbonyl (C=O) groups is 1. The summed E-state index contributed by atoms with van der Waals surface area (Å²) in [6.07, 6.45) is -5.45. The van der Waals surface area contributed by atoms with E-state index in [0.29, 0.717) is 31.4 Å². The van der Waals surface area contributed by atoms with Gasteiger partial charge < -0.3 is 15.4 Å². The van der Waals surface area contributed by atoms with Crippen molar-refractivity contribution >= 4 is 11.6 Å². The summed E-state index contributed by atoms with van der Waals surface area (Å²) in [5, 5.41) is 5.01. The maximum Gasteiger partial charge on any atom is 0.416 e. The highest BCUT2D eigenvalue weighted by atomic mass is 19.4. The van der Waals surface area contributed by atoms with Crippen LogP contribution in [0, 0.1) is 5.82 Å². The number of hydrogen-bond acceptors (Lipinski definition) is 3. The Kier molecular flexibility index (Phi) is 4.24. The molecule has 1 aromatic carbocycles. The first-order valence-electron chi connectivity index (χ1n) is 5.88. The fraction of sp³-hybridized carbons (Fsp3) is 0.417. The van der Waals surface area contributed by atoms with E-state index in [1.807, 2.05) is 0 Å². The minimum Gasteiger partial charge on any atom is -0.366 e. The topological polar surface area (TPSA) is 50.4 Å². The number of halogens is 4. The molecule has 1 heterocycles. The number of morpholine rings is 1.